The molecule has 2 N–H and O–H groups in total. The smallest absolute Gasteiger partial charge is 0.306 e. The molecule has 0 aliphatic carbocycles. The van der Waals surface area contributed by atoms with Crippen molar-refractivity contribution >= 4 is 35.3 Å². The number of imide groups is 2. The molecule has 1 aromatic rings. The summed E-state index contributed by atoms with van der Waals surface area (Å²) in [7, 11) is 0. The molecule has 152 valence electrons. The number of fused-ring (bicyclic) bond motifs is 1. The lowest BCUT2D eigenvalue weighted by molar-refractivity contribution is -0.142. The third kappa shape index (κ3) is 3.14. The Morgan fingerprint density at radius 1 is 1.03 bits per heavy atom. The Morgan fingerprint density at radius 3 is 2.24 bits per heavy atom. The van der Waals surface area contributed by atoms with Crippen LogP contribution >= 0.6 is 0 Å². The molecule has 0 bridgehead atoms. The summed E-state index contributed by atoms with van der Waals surface area (Å²) in [5.74, 6) is -4.75. The van der Waals surface area contributed by atoms with Crippen molar-refractivity contribution in [2.75, 3.05) is 18.0 Å². The number of nitrogens with zero attached hydrogens (tertiary/aromatic N) is 2. The van der Waals surface area contributed by atoms with E-state index in [-0.39, 0.29) is 29.7 Å². The molecule has 1 aromatic carbocycles. The number of carboxylic acid groups (broad SMARTS) is 1. The van der Waals surface area contributed by atoms with Crippen molar-refractivity contribution in [3.63, 3.8) is 0 Å². The number of halogens is 1. The third-order valence-corrected chi connectivity index (χ3v) is 5.69. The van der Waals surface area contributed by atoms with Gasteiger partial charge in [0, 0.05) is 19.5 Å². The maximum atomic E-state index is 14.7. The molecule has 0 radical (unpaired) electrons. The maximum absolute atomic E-state index is 14.7. The van der Waals surface area contributed by atoms with Crippen LogP contribution in [-0.2, 0) is 14.4 Å². The second-order valence-electron chi connectivity index (χ2n) is 7.40. The van der Waals surface area contributed by atoms with E-state index in [4.69, 9.17) is 5.11 Å². The van der Waals surface area contributed by atoms with Crippen molar-refractivity contribution in [2.45, 2.75) is 31.7 Å². The van der Waals surface area contributed by atoms with Gasteiger partial charge in [-0.25, -0.2) is 4.39 Å². The van der Waals surface area contributed by atoms with E-state index in [2.05, 4.69) is 5.32 Å². The maximum Gasteiger partial charge on any atom is 0.306 e. The first kappa shape index (κ1) is 19.0. The molecule has 3 aliphatic heterocycles. The predicted octanol–water partition coefficient (Wildman–Crippen LogP) is 0.528. The summed E-state index contributed by atoms with van der Waals surface area (Å²) < 4.78 is 14.7. The van der Waals surface area contributed by atoms with Crippen molar-refractivity contribution in [1.82, 2.24) is 10.2 Å². The number of piperidine rings is 2. The zero-order valence-electron chi connectivity index (χ0n) is 15.3. The first-order valence-electron chi connectivity index (χ1n) is 9.31. The topological polar surface area (TPSA) is 124 Å². The van der Waals surface area contributed by atoms with Gasteiger partial charge in [-0.3, -0.25) is 34.2 Å². The number of nitrogens with one attached hydrogen (secondary N) is 1. The lowest BCUT2D eigenvalue weighted by Crippen LogP contribution is -2.54. The van der Waals surface area contributed by atoms with Gasteiger partial charge in [-0.05, 0) is 31.4 Å². The lowest BCUT2D eigenvalue weighted by atomic mass is 9.96. The highest BCUT2D eigenvalue weighted by Gasteiger charge is 2.45. The molecular formula is C19H18FN3O6. The zero-order chi connectivity index (χ0) is 20.9. The van der Waals surface area contributed by atoms with Crippen LogP contribution in [0.15, 0.2) is 12.1 Å². The van der Waals surface area contributed by atoms with Crippen LogP contribution in [0.2, 0.25) is 0 Å². The van der Waals surface area contributed by atoms with Crippen molar-refractivity contribution in [3.05, 3.63) is 29.1 Å². The van der Waals surface area contributed by atoms with Gasteiger partial charge in [-0.1, -0.05) is 0 Å². The van der Waals surface area contributed by atoms with Gasteiger partial charge >= 0.3 is 5.97 Å². The molecule has 0 aromatic heterocycles. The van der Waals surface area contributed by atoms with Gasteiger partial charge in [-0.2, -0.15) is 0 Å². The molecule has 2 saturated heterocycles. The fraction of sp³-hybridized carbons (Fsp3) is 0.421. The van der Waals surface area contributed by atoms with Gasteiger partial charge < -0.3 is 10.0 Å². The van der Waals surface area contributed by atoms with E-state index in [0.717, 1.165) is 11.0 Å². The minimum absolute atomic E-state index is 0.00193. The second kappa shape index (κ2) is 6.94. The lowest BCUT2D eigenvalue weighted by Gasteiger charge is -2.32. The standard InChI is InChI=1S/C19H18FN3O6/c20-12-7-10-11(8-14(12)22-5-3-9(4-6-22)19(28)29)18(27)23(17(10)26)13-1-2-15(24)21-16(13)25/h7-9,13H,1-6H2,(H,28,29)(H,21,24,25). The minimum Gasteiger partial charge on any atom is -0.481 e. The second-order valence-corrected chi connectivity index (χ2v) is 7.40. The minimum atomic E-state index is -1.11. The molecule has 1 unspecified atom stereocenters. The predicted molar refractivity (Wildman–Crippen MR) is 95.6 cm³/mol. The highest BCUT2D eigenvalue weighted by atomic mass is 19.1. The van der Waals surface area contributed by atoms with Crippen molar-refractivity contribution in [2.24, 2.45) is 5.92 Å². The number of carbonyl (C=O) groups excluding carboxylic acids is 4. The van der Waals surface area contributed by atoms with Crippen LogP contribution in [0.4, 0.5) is 10.1 Å². The van der Waals surface area contributed by atoms with Crippen LogP contribution in [0.1, 0.15) is 46.4 Å². The molecule has 10 heteroatoms. The van der Waals surface area contributed by atoms with Crippen LogP contribution in [-0.4, -0.2) is 58.7 Å². The SMILES string of the molecule is O=C1CCC(N2C(=O)c3cc(F)c(N4CCC(C(=O)O)CC4)cc3C2=O)C(=O)N1. The van der Waals surface area contributed by atoms with Crippen LogP contribution in [0.25, 0.3) is 0 Å². The van der Waals surface area contributed by atoms with Crippen LogP contribution in [0.5, 0.6) is 0 Å². The number of benzene rings is 1. The van der Waals surface area contributed by atoms with Crippen molar-refractivity contribution in [3.8, 4) is 0 Å². The van der Waals surface area contributed by atoms with Gasteiger partial charge in [0.15, 0.2) is 0 Å². The summed E-state index contributed by atoms with van der Waals surface area (Å²) in [4.78, 5) is 62.5. The largest absolute Gasteiger partial charge is 0.481 e. The van der Waals surface area contributed by atoms with E-state index >= 15 is 0 Å². The van der Waals surface area contributed by atoms with E-state index in [1.54, 1.807) is 4.90 Å². The quantitative estimate of drug-likeness (QED) is 0.706. The molecule has 4 amide bonds. The van der Waals surface area contributed by atoms with Crippen LogP contribution in [0.3, 0.4) is 0 Å². The van der Waals surface area contributed by atoms with Gasteiger partial charge in [-0.15, -0.1) is 0 Å². The number of rotatable bonds is 3. The van der Waals surface area contributed by atoms with E-state index < -0.39 is 47.4 Å². The molecule has 0 saturated carbocycles. The number of hydrogen-bond acceptors (Lipinski definition) is 6. The summed E-state index contributed by atoms with van der Waals surface area (Å²) in [5.41, 5.74) is -0.00306. The van der Waals surface area contributed by atoms with Crippen molar-refractivity contribution in [1.29, 1.82) is 0 Å². The Bertz CT molecular complexity index is 954. The number of hydrogen-bond donors (Lipinski definition) is 2. The molecule has 0 spiro atoms. The summed E-state index contributed by atoms with van der Waals surface area (Å²) in [6.45, 7) is 0.622. The van der Waals surface area contributed by atoms with E-state index in [1.807, 2.05) is 0 Å². The van der Waals surface area contributed by atoms with E-state index in [1.165, 1.54) is 6.07 Å². The number of aliphatic carboxylic acids is 1. The summed E-state index contributed by atoms with van der Waals surface area (Å²) in [6.07, 6.45) is 0.721. The molecule has 3 aliphatic rings. The molecule has 9 nitrogen and oxygen atoms in total. The van der Waals surface area contributed by atoms with Crippen LogP contribution in [0, 0.1) is 11.7 Å². The fourth-order valence-electron chi connectivity index (χ4n) is 4.09. The first-order chi connectivity index (χ1) is 13.8. The Balaban J connectivity index is 1.61. The number of amides is 4. The van der Waals surface area contributed by atoms with Gasteiger partial charge in [0.25, 0.3) is 11.8 Å². The summed E-state index contributed by atoms with van der Waals surface area (Å²) in [6, 6.07) is 1.16. The molecule has 4 rings (SSSR count). The Hall–Kier alpha value is -3.30. The Morgan fingerprint density at radius 2 is 1.66 bits per heavy atom. The first-order valence-corrected chi connectivity index (χ1v) is 9.31. The van der Waals surface area contributed by atoms with Gasteiger partial charge in [0.05, 0.1) is 22.7 Å². The normalized spacial score (nSPS) is 22.7. The monoisotopic (exact) mass is 403 g/mol. The Labute approximate surface area is 164 Å². The van der Waals surface area contributed by atoms with Crippen molar-refractivity contribution < 1.29 is 33.5 Å². The summed E-state index contributed by atoms with van der Waals surface area (Å²) >= 11 is 0. The Kier molecular flexibility index (Phi) is 4.56. The van der Waals surface area contributed by atoms with Gasteiger partial charge in [0.1, 0.15) is 11.9 Å². The van der Waals surface area contributed by atoms with Crippen LogP contribution < -0.4 is 10.2 Å². The average Bonchev–Trinajstić information content (AvgIpc) is 2.91. The number of carbonyl (C=O) groups is 5. The van der Waals surface area contributed by atoms with E-state index in [9.17, 15) is 28.4 Å². The van der Waals surface area contributed by atoms with E-state index in [0.29, 0.717) is 25.9 Å². The third-order valence-electron chi connectivity index (χ3n) is 5.69. The van der Waals surface area contributed by atoms with Gasteiger partial charge in [0.2, 0.25) is 11.8 Å². The molecule has 29 heavy (non-hydrogen) atoms. The number of carboxylic acids is 1. The summed E-state index contributed by atoms with van der Waals surface area (Å²) in [5, 5.41) is 11.2. The molecular weight excluding hydrogens is 385 g/mol. The number of anilines is 1. The molecule has 1 atom stereocenters. The highest BCUT2D eigenvalue weighted by Crippen LogP contribution is 2.34. The highest BCUT2D eigenvalue weighted by molar-refractivity contribution is 6.23. The molecule has 3 heterocycles. The zero-order valence-corrected chi connectivity index (χ0v) is 15.3. The average molecular weight is 403 g/mol. The fourth-order valence-corrected chi connectivity index (χ4v) is 4.09. The molecule has 2 fully saturated rings.